The van der Waals surface area contributed by atoms with E-state index >= 15 is 0 Å². The molecule has 18 heavy (non-hydrogen) atoms. The monoisotopic (exact) mass is 244 g/mol. The Morgan fingerprint density at radius 2 is 2.17 bits per heavy atom. The number of amides is 1. The van der Waals surface area contributed by atoms with Crippen LogP contribution < -0.4 is 10.2 Å². The average Bonchev–Trinajstić information content (AvgIpc) is 2.56. The second-order valence-corrected chi connectivity index (χ2v) is 5.53. The largest absolute Gasteiger partial charge is 0.316 e. The van der Waals surface area contributed by atoms with E-state index in [4.69, 9.17) is 0 Å². The highest BCUT2D eigenvalue weighted by Crippen LogP contribution is 2.43. The fourth-order valence-electron chi connectivity index (χ4n) is 3.52. The number of rotatable bonds is 0. The van der Waals surface area contributed by atoms with Crippen LogP contribution in [0, 0.1) is 13.8 Å². The molecule has 3 nitrogen and oxygen atoms in total. The zero-order chi connectivity index (χ0) is 12.9. The summed E-state index contributed by atoms with van der Waals surface area (Å²) in [5.41, 5.74) is 6.72. The van der Waals surface area contributed by atoms with Crippen molar-refractivity contribution in [3.8, 4) is 0 Å². The van der Waals surface area contributed by atoms with Gasteiger partial charge in [-0.25, -0.2) is 0 Å². The van der Waals surface area contributed by atoms with Gasteiger partial charge in [-0.1, -0.05) is 6.07 Å². The third kappa shape index (κ3) is 1.57. The molecule has 3 heteroatoms. The molecule has 0 aromatic heterocycles. The quantitative estimate of drug-likeness (QED) is 0.756. The number of carbonyl (C=O) groups is 1. The Morgan fingerprint density at radius 3 is 2.89 bits per heavy atom. The summed E-state index contributed by atoms with van der Waals surface area (Å²) in [4.78, 5) is 13.8. The summed E-state index contributed by atoms with van der Waals surface area (Å²) in [6.45, 7) is 8.87. The summed E-state index contributed by atoms with van der Waals surface area (Å²) in [7, 11) is 0. The minimum Gasteiger partial charge on any atom is -0.316 e. The van der Waals surface area contributed by atoms with Crippen LogP contribution >= 0.6 is 0 Å². The van der Waals surface area contributed by atoms with Crippen molar-refractivity contribution in [1.82, 2.24) is 5.32 Å². The van der Waals surface area contributed by atoms with Gasteiger partial charge in [0.05, 0.1) is 5.69 Å². The molecular formula is C15H20N2O. The first-order valence-corrected chi connectivity index (χ1v) is 6.71. The van der Waals surface area contributed by atoms with Crippen LogP contribution in [0.5, 0.6) is 0 Å². The summed E-state index contributed by atoms with van der Waals surface area (Å²) >= 11 is 0. The lowest BCUT2D eigenvalue weighted by atomic mass is 9.90. The molecule has 0 saturated carbocycles. The summed E-state index contributed by atoms with van der Waals surface area (Å²) in [5.74, 6) is 0.636. The predicted molar refractivity (Wildman–Crippen MR) is 73.3 cm³/mol. The molecule has 0 radical (unpaired) electrons. The number of carbonyl (C=O) groups excluding carboxylic acids is 1. The van der Waals surface area contributed by atoms with E-state index in [9.17, 15) is 4.79 Å². The van der Waals surface area contributed by atoms with E-state index in [2.05, 4.69) is 25.2 Å². The number of nitrogens with zero attached hydrogens (tertiary/aromatic N) is 1. The molecule has 2 aliphatic rings. The van der Waals surface area contributed by atoms with Crippen molar-refractivity contribution in [2.45, 2.75) is 33.1 Å². The van der Waals surface area contributed by atoms with Crippen LogP contribution in [0.25, 0.3) is 0 Å². The van der Waals surface area contributed by atoms with Gasteiger partial charge in [-0.15, -0.1) is 0 Å². The molecule has 2 aliphatic heterocycles. The Hall–Kier alpha value is -1.35. The van der Waals surface area contributed by atoms with Crippen molar-refractivity contribution < 1.29 is 4.79 Å². The number of aryl methyl sites for hydroxylation is 2. The van der Waals surface area contributed by atoms with Gasteiger partial charge >= 0.3 is 0 Å². The Labute approximate surface area is 108 Å². The average molecular weight is 244 g/mol. The molecule has 2 heterocycles. The number of benzene rings is 1. The lowest BCUT2D eigenvalue weighted by Gasteiger charge is -2.19. The van der Waals surface area contributed by atoms with Gasteiger partial charge in [-0.3, -0.25) is 4.79 Å². The molecule has 1 N–H and O–H groups in total. The predicted octanol–water partition coefficient (Wildman–Crippen LogP) is 1.90. The topological polar surface area (TPSA) is 32.3 Å². The molecule has 96 valence electrons. The zero-order valence-corrected chi connectivity index (χ0v) is 11.3. The molecular weight excluding hydrogens is 224 g/mol. The summed E-state index contributed by atoms with van der Waals surface area (Å²) in [6, 6.07) is 2.23. The third-order valence-electron chi connectivity index (χ3n) is 4.27. The van der Waals surface area contributed by atoms with E-state index in [0.29, 0.717) is 5.92 Å². The van der Waals surface area contributed by atoms with Crippen LogP contribution in [0.4, 0.5) is 5.69 Å². The molecule has 1 atom stereocenters. The SMILES string of the molecule is CC(=O)N1CC2CNCCc3c(C)cc(C)c1c32. The molecule has 1 amide bonds. The lowest BCUT2D eigenvalue weighted by Crippen LogP contribution is -2.30. The minimum atomic E-state index is 0.164. The first-order chi connectivity index (χ1) is 8.59. The highest BCUT2D eigenvalue weighted by atomic mass is 16.2. The van der Waals surface area contributed by atoms with Crippen molar-refractivity contribution in [3.05, 3.63) is 28.3 Å². The molecule has 0 bridgehead atoms. The maximum atomic E-state index is 11.8. The van der Waals surface area contributed by atoms with E-state index in [-0.39, 0.29) is 5.91 Å². The minimum absolute atomic E-state index is 0.164. The lowest BCUT2D eigenvalue weighted by molar-refractivity contribution is -0.116. The smallest absolute Gasteiger partial charge is 0.223 e. The fourth-order valence-corrected chi connectivity index (χ4v) is 3.52. The molecule has 3 rings (SSSR count). The molecule has 0 saturated heterocycles. The number of nitrogens with one attached hydrogen (secondary N) is 1. The number of anilines is 1. The van der Waals surface area contributed by atoms with Gasteiger partial charge in [-0.2, -0.15) is 0 Å². The van der Waals surface area contributed by atoms with Gasteiger partial charge in [0.15, 0.2) is 0 Å². The summed E-state index contributed by atoms with van der Waals surface area (Å²) in [6.07, 6.45) is 1.08. The standard InChI is InChI=1S/C15H20N2O/c1-9-6-10(2)15-14-12(8-17(15)11(3)18)7-16-5-4-13(9)14/h6,12,16H,4-5,7-8H2,1-3H3. The van der Waals surface area contributed by atoms with Gasteiger partial charge < -0.3 is 10.2 Å². The van der Waals surface area contributed by atoms with Crippen molar-refractivity contribution in [1.29, 1.82) is 0 Å². The van der Waals surface area contributed by atoms with Gasteiger partial charge in [-0.05, 0) is 49.1 Å². The van der Waals surface area contributed by atoms with Crippen LogP contribution in [-0.4, -0.2) is 25.5 Å². The first kappa shape index (κ1) is 11.7. The molecule has 1 aromatic rings. The molecule has 0 fully saturated rings. The first-order valence-electron chi connectivity index (χ1n) is 6.71. The third-order valence-corrected chi connectivity index (χ3v) is 4.27. The molecule has 0 aliphatic carbocycles. The van der Waals surface area contributed by atoms with Crippen molar-refractivity contribution >= 4 is 11.6 Å². The summed E-state index contributed by atoms with van der Waals surface area (Å²) in [5, 5.41) is 3.50. The highest BCUT2D eigenvalue weighted by molar-refractivity contribution is 5.95. The van der Waals surface area contributed by atoms with Crippen molar-refractivity contribution in [3.63, 3.8) is 0 Å². The normalized spacial score (nSPS) is 21.7. The van der Waals surface area contributed by atoms with E-state index in [1.165, 1.54) is 27.9 Å². The van der Waals surface area contributed by atoms with Gasteiger partial charge in [0.2, 0.25) is 5.91 Å². The molecule has 0 spiro atoms. The highest BCUT2D eigenvalue weighted by Gasteiger charge is 2.35. The number of hydrogen-bond donors (Lipinski definition) is 1. The number of hydrogen-bond acceptors (Lipinski definition) is 2. The van der Waals surface area contributed by atoms with E-state index in [1.54, 1.807) is 6.92 Å². The Balaban J connectivity index is 2.25. The van der Waals surface area contributed by atoms with Crippen LogP contribution in [0.1, 0.15) is 35.1 Å². The van der Waals surface area contributed by atoms with Crippen LogP contribution in [-0.2, 0) is 11.2 Å². The second kappa shape index (κ2) is 4.09. The van der Waals surface area contributed by atoms with Gasteiger partial charge in [0, 0.05) is 25.9 Å². The van der Waals surface area contributed by atoms with E-state index in [1.807, 2.05) is 4.90 Å². The maximum absolute atomic E-state index is 11.8. The van der Waals surface area contributed by atoms with Gasteiger partial charge in [0.1, 0.15) is 0 Å². The van der Waals surface area contributed by atoms with Gasteiger partial charge in [0.25, 0.3) is 0 Å². The Morgan fingerprint density at radius 1 is 1.39 bits per heavy atom. The maximum Gasteiger partial charge on any atom is 0.223 e. The van der Waals surface area contributed by atoms with Crippen molar-refractivity contribution in [2.75, 3.05) is 24.5 Å². The zero-order valence-electron chi connectivity index (χ0n) is 11.3. The van der Waals surface area contributed by atoms with Crippen molar-refractivity contribution in [2.24, 2.45) is 0 Å². The van der Waals surface area contributed by atoms with E-state index < -0.39 is 0 Å². The van der Waals surface area contributed by atoms with Crippen LogP contribution in [0.2, 0.25) is 0 Å². The van der Waals surface area contributed by atoms with Crippen LogP contribution in [0.15, 0.2) is 6.07 Å². The second-order valence-electron chi connectivity index (χ2n) is 5.53. The van der Waals surface area contributed by atoms with E-state index in [0.717, 1.165) is 26.1 Å². The Bertz CT molecular complexity index is 522. The van der Waals surface area contributed by atoms with Crippen LogP contribution in [0.3, 0.4) is 0 Å². The molecule has 1 unspecified atom stereocenters. The Kier molecular flexibility index (Phi) is 2.67. The summed E-state index contributed by atoms with van der Waals surface area (Å²) < 4.78 is 0. The molecule has 1 aromatic carbocycles. The fraction of sp³-hybridized carbons (Fsp3) is 0.533.